The summed E-state index contributed by atoms with van der Waals surface area (Å²) in [5.41, 5.74) is 1.88. The number of amides is 1. The highest BCUT2D eigenvalue weighted by molar-refractivity contribution is 6.06. The maximum Gasteiger partial charge on any atom is 0.291 e. The Hall–Kier alpha value is -3.93. The molecule has 1 aromatic heterocycles. The molecule has 0 bridgehead atoms. The van der Waals surface area contributed by atoms with Gasteiger partial charge in [0.25, 0.3) is 5.91 Å². The molecule has 4 aromatic rings. The van der Waals surface area contributed by atoms with Gasteiger partial charge in [0.1, 0.15) is 17.9 Å². The topological polar surface area (TPSA) is 69.9 Å². The molecule has 0 radical (unpaired) electrons. The number of hydrogen-bond donors (Lipinski definition) is 1. The minimum Gasteiger partial charge on any atom is -0.493 e. The number of carbonyl (C=O) groups is 1. The van der Waals surface area contributed by atoms with Crippen LogP contribution >= 0.6 is 0 Å². The molecule has 0 aliphatic heterocycles. The van der Waals surface area contributed by atoms with Crippen LogP contribution in [0.25, 0.3) is 11.0 Å². The molecule has 30 heavy (non-hydrogen) atoms. The van der Waals surface area contributed by atoms with Crippen molar-refractivity contribution in [3.63, 3.8) is 0 Å². The van der Waals surface area contributed by atoms with Gasteiger partial charge in [-0.25, -0.2) is 0 Å². The van der Waals surface area contributed by atoms with Crippen LogP contribution in [0.3, 0.4) is 0 Å². The van der Waals surface area contributed by atoms with Crippen molar-refractivity contribution in [3.8, 4) is 17.2 Å². The Balaban J connectivity index is 1.63. The predicted octanol–water partition coefficient (Wildman–Crippen LogP) is 5.28. The normalized spacial score (nSPS) is 10.6. The zero-order valence-corrected chi connectivity index (χ0v) is 16.7. The summed E-state index contributed by atoms with van der Waals surface area (Å²) in [4.78, 5) is 13.0. The molecule has 6 nitrogen and oxygen atoms in total. The van der Waals surface area contributed by atoms with Gasteiger partial charge in [0, 0.05) is 22.7 Å². The van der Waals surface area contributed by atoms with Crippen LogP contribution in [0.1, 0.15) is 16.1 Å². The number of furan rings is 1. The number of rotatable bonds is 7. The minimum atomic E-state index is -0.370. The Morgan fingerprint density at radius 3 is 2.40 bits per heavy atom. The number of benzene rings is 3. The molecular weight excluding hydrogens is 382 g/mol. The molecule has 0 unspecified atom stereocenters. The van der Waals surface area contributed by atoms with Gasteiger partial charge in [-0.3, -0.25) is 4.79 Å². The summed E-state index contributed by atoms with van der Waals surface area (Å²) < 4.78 is 22.3. The molecule has 1 N–H and O–H groups in total. The summed E-state index contributed by atoms with van der Waals surface area (Å²) in [5.74, 6) is 1.66. The fourth-order valence-electron chi connectivity index (χ4n) is 3.20. The molecule has 3 aromatic carbocycles. The van der Waals surface area contributed by atoms with Gasteiger partial charge in [0.05, 0.1) is 14.2 Å². The molecule has 4 rings (SSSR count). The minimum absolute atomic E-state index is 0.204. The first-order chi connectivity index (χ1) is 14.7. The quantitative estimate of drug-likeness (QED) is 0.455. The van der Waals surface area contributed by atoms with Crippen LogP contribution in [0.4, 0.5) is 5.69 Å². The number of ether oxygens (including phenoxy) is 3. The number of nitrogens with one attached hydrogen (secondary N) is 1. The number of hydrogen-bond acceptors (Lipinski definition) is 5. The first kappa shape index (κ1) is 19.4. The molecule has 0 atom stereocenters. The fraction of sp³-hybridized carbons (Fsp3) is 0.125. The van der Waals surface area contributed by atoms with Crippen molar-refractivity contribution in [3.05, 3.63) is 84.1 Å². The Morgan fingerprint density at radius 2 is 1.63 bits per heavy atom. The highest BCUT2D eigenvalue weighted by atomic mass is 16.5. The summed E-state index contributed by atoms with van der Waals surface area (Å²) in [6.45, 7) is 0.204. The van der Waals surface area contributed by atoms with Gasteiger partial charge in [-0.2, -0.15) is 0 Å². The van der Waals surface area contributed by atoms with Gasteiger partial charge in [0.2, 0.25) is 0 Å². The van der Waals surface area contributed by atoms with E-state index in [1.807, 2.05) is 54.6 Å². The lowest BCUT2D eigenvalue weighted by Crippen LogP contribution is -2.14. The van der Waals surface area contributed by atoms with E-state index in [9.17, 15) is 4.79 Å². The lowest BCUT2D eigenvalue weighted by molar-refractivity contribution is 0.0995. The highest BCUT2D eigenvalue weighted by Crippen LogP contribution is 2.31. The van der Waals surface area contributed by atoms with Crippen LogP contribution in [0, 0.1) is 0 Å². The van der Waals surface area contributed by atoms with Crippen LogP contribution < -0.4 is 19.5 Å². The first-order valence-corrected chi connectivity index (χ1v) is 9.41. The third-order valence-electron chi connectivity index (χ3n) is 4.67. The third kappa shape index (κ3) is 3.93. The van der Waals surface area contributed by atoms with E-state index in [4.69, 9.17) is 18.6 Å². The smallest absolute Gasteiger partial charge is 0.291 e. The SMILES string of the molecule is COc1ccc(NC(=O)c2oc3ccccc3c2COc2ccccc2)cc1OC. The van der Waals surface area contributed by atoms with Gasteiger partial charge in [-0.05, 0) is 30.3 Å². The summed E-state index contributed by atoms with van der Waals surface area (Å²) in [6.07, 6.45) is 0. The standard InChI is InChI=1S/C24H21NO5/c1-27-21-13-12-16(14-22(21)28-2)25-24(26)23-19(15-29-17-8-4-3-5-9-17)18-10-6-7-11-20(18)30-23/h3-14H,15H2,1-2H3,(H,25,26). The maximum atomic E-state index is 13.0. The Morgan fingerprint density at radius 1 is 0.900 bits per heavy atom. The van der Waals surface area contributed by atoms with Gasteiger partial charge in [-0.1, -0.05) is 36.4 Å². The summed E-state index contributed by atoms with van der Waals surface area (Å²) in [6, 6.07) is 22.1. The fourth-order valence-corrected chi connectivity index (χ4v) is 3.20. The van der Waals surface area contributed by atoms with E-state index >= 15 is 0 Å². The van der Waals surface area contributed by atoms with Crippen molar-refractivity contribution >= 4 is 22.6 Å². The molecule has 1 heterocycles. The van der Waals surface area contributed by atoms with Crippen LogP contribution in [0.2, 0.25) is 0 Å². The van der Waals surface area contributed by atoms with Crippen molar-refractivity contribution in [1.29, 1.82) is 0 Å². The maximum absolute atomic E-state index is 13.0. The lowest BCUT2D eigenvalue weighted by Gasteiger charge is -2.11. The van der Waals surface area contributed by atoms with Crippen LogP contribution in [0.5, 0.6) is 17.2 Å². The van der Waals surface area contributed by atoms with Crippen molar-refractivity contribution < 1.29 is 23.4 Å². The zero-order valence-electron chi connectivity index (χ0n) is 16.7. The number of carbonyl (C=O) groups excluding carboxylic acids is 1. The number of methoxy groups -OCH3 is 2. The molecule has 1 amide bonds. The molecule has 0 saturated heterocycles. The van der Waals surface area contributed by atoms with E-state index in [2.05, 4.69) is 5.32 Å². The van der Waals surface area contributed by atoms with Gasteiger partial charge < -0.3 is 23.9 Å². The van der Waals surface area contributed by atoms with E-state index in [0.29, 0.717) is 34.1 Å². The second-order valence-electron chi connectivity index (χ2n) is 6.53. The van der Waals surface area contributed by atoms with E-state index in [0.717, 1.165) is 5.39 Å². The van der Waals surface area contributed by atoms with E-state index in [1.54, 1.807) is 32.4 Å². The van der Waals surface area contributed by atoms with Crippen molar-refractivity contribution in [1.82, 2.24) is 0 Å². The molecule has 0 saturated carbocycles. The predicted molar refractivity (Wildman–Crippen MR) is 114 cm³/mol. The van der Waals surface area contributed by atoms with Crippen LogP contribution in [0.15, 0.2) is 77.2 Å². The summed E-state index contributed by atoms with van der Waals surface area (Å²) in [5, 5.41) is 3.70. The van der Waals surface area contributed by atoms with Crippen LogP contribution in [-0.4, -0.2) is 20.1 Å². The van der Waals surface area contributed by atoms with Crippen molar-refractivity contribution in [2.24, 2.45) is 0 Å². The molecule has 0 aliphatic carbocycles. The average Bonchev–Trinajstić information content (AvgIpc) is 3.17. The molecule has 152 valence electrons. The molecular formula is C24H21NO5. The second-order valence-corrected chi connectivity index (χ2v) is 6.53. The Labute approximate surface area is 174 Å². The second kappa shape index (κ2) is 8.61. The Kier molecular flexibility index (Phi) is 5.57. The van der Waals surface area contributed by atoms with Gasteiger partial charge in [-0.15, -0.1) is 0 Å². The molecule has 6 heteroatoms. The van der Waals surface area contributed by atoms with Gasteiger partial charge in [0.15, 0.2) is 17.3 Å². The largest absolute Gasteiger partial charge is 0.493 e. The Bertz CT molecular complexity index is 1170. The van der Waals surface area contributed by atoms with Crippen LogP contribution in [-0.2, 0) is 6.61 Å². The molecule has 0 spiro atoms. The third-order valence-corrected chi connectivity index (χ3v) is 4.67. The van der Waals surface area contributed by atoms with Crippen molar-refractivity contribution in [2.75, 3.05) is 19.5 Å². The molecule has 0 aliphatic rings. The highest BCUT2D eigenvalue weighted by Gasteiger charge is 2.21. The number of fused-ring (bicyclic) bond motifs is 1. The van der Waals surface area contributed by atoms with E-state index < -0.39 is 0 Å². The summed E-state index contributed by atoms with van der Waals surface area (Å²) >= 11 is 0. The average molecular weight is 403 g/mol. The van der Waals surface area contributed by atoms with Gasteiger partial charge >= 0.3 is 0 Å². The summed E-state index contributed by atoms with van der Waals surface area (Å²) in [7, 11) is 3.10. The van der Waals surface area contributed by atoms with E-state index in [1.165, 1.54) is 0 Å². The van der Waals surface area contributed by atoms with Crippen molar-refractivity contribution in [2.45, 2.75) is 6.61 Å². The molecule has 0 fully saturated rings. The number of anilines is 1. The zero-order chi connectivity index (χ0) is 20.9. The first-order valence-electron chi connectivity index (χ1n) is 9.41. The monoisotopic (exact) mass is 403 g/mol. The lowest BCUT2D eigenvalue weighted by atomic mass is 10.1. The van der Waals surface area contributed by atoms with E-state index in [-0.39, 0.29) is 18.3 Å². The number of para-hydroxylation sites is 2.